The van der Waals surface area contributed by atoms with Gasteiger partial charge < -0.3 is 14.8 Å². The van der Waals surface area contributed by atoms with E-state index in [1.807, 2.05) is 20.2 Å². The molecule has 0 spiro atoms. The number of likely N-dealkylation sites (N-methyl/N-ethyl adjacent to an activating group) is 1. The quantitative estimate of drug-likeness (QED) is 0.697. The van der Waals surface area contributed by atoms with Gasteiger partial charge in [0, 0.05) is 18.2 Å². The zero-order valence-corrected chi connectivity index (χ0v) is 19.4. The number of carbonyl (C=O) groups is 1. The van der Waals surface area contributed by atoms with Gasteiger partial charge in [-0.15, -0.1) is 0 Å². The van der Waals surface area contributed by atoms with Crippen LogP contribution in [0, 0.1) is 11.7 Å². The number of fused-ring (bicyclic) bond motifs is 1. The van der Waals surface area contributed by atoms with Gasteiger partial charge in [0.2, 0.25) is 5.91 Å². The molecule has 3 atom stereocenters. The molecule has 5 nitrogen and oxygen atoms in total. The lowest BCUT2D eigenvalue weighted by molar-refractivity contribution is -0.119. The molecule has 1 aliphatic rings. The minimum atomic E-state index is -2.12. The first-order valence-corrected chi connectivity index (χ1v) is 12.8. The average Bonchev–Trinajstić information content (AvgIpc) is 2.90. The van der Waals surface area contributed by atoms with Gasteiger partial charge in [0.15, 0.2) is 8.32 Å². The van der Waals surface area contributed by atoms with Crippen LogP contribution < -0.4 is 5.32 Å². The normalized spacial score (nSPS) is 21.0. The molecule has 0 fully saturated rings. The number of hydrogen-bond donors (Lipinski definition) is 2. The van der Waals surface area contributed by atoms with Crippen LogP contribution in [0.3, 0.4) is 0 Å². The van der Waals surface area contributed by atoms with Crippen molar-refractivity contribution in [3.63, 3.8) is 0 Å². The fourth-order valence-electron chi connectivity index (χ4n) is 3.12. The number of halogens is 1. The number of aliphatic hydroxyl groups excluding tert-OH is 1. The molecule has 0 heterocycles. The molecule has 0 radical (unpaired) electrons. The first-order chi connectivity index (χ1) is 12.8. The Kier molecular flexibility index (Phi) is 6.75. The standard InChI is InChI=1S/C21H35FN2O3Si/c1-13(24(5)6)20(26)23-15-10-17-16(18(22)11-15)9-14(12-25)19(17)27-28(7,8)21(2,3)4/h10-11,13-14,19,25H,9,12H2,1-8H3,(H,23,26)/t13-,14?,19?/m1/s1. The molecule has 2 rings (SSSR count). The van der Waals surface area contributed by atoms with Crippen molar-refractivity contribution in [2.75, 3.05) is 26.0 Å². The van der Waals surface area contributed by atoms with Crippen molar-refractivity contribution in [1.82, 2.24) is 4.90 Å². The molecule has 0 saturated carbocycles. The van der Waals surface area contributed by atoms with E-state index in [-0.39, 0.29) is 41.4 Å². The Balaban J connectivity index is 2.38. The van der Waals surface area contributed by atoms with Crippen molar-refractivity contribution in [2.24, 2.45) is 5.92 Å². The van der Waals surface area contributed by atoms with Gasteiger partial charge in [-0.3, -0.25) is 9.69 Å². The Morgan fingerprint density at radius 3 is 2.50 bits per heavy atom. The summed E-state index contributed by atoms with van der Waals surface area (Å²) < 4.78 is 21.4. The van der Waals surface area contributed by atoms with Crippen molar-refractivity contribution < 1.29 is 18.7 Å². The van der Waals surface area contributed by atoms with E-state index in [0.717, 1.165) is 5.56 Å². The third kappa shape index (κ3) is 4.64. The summed E-state index contributed by atoms with van der Waals surface area (Å²) in [6.07, 6.45) is 0.0812. The molecule has 2 N–H and O–H groups in total. The van der Waals surface area contributed by atoms with E-state index >= 15 is 0 Å². The number of rotatable bonds is 6. The first kappa shape index (κ1) is 23.0. The monoisotopic (exact) mass is 410 g/mol. The summed E-state index contributed by atoms with van der Waals surface area (Å²) in [7, 11) is 1.52. The van der Waals surface area contributed by atoms with Gasteiger partial charge in [-0.25, -0.2) is 4.39 Å². The number of anilines is 1. The molecular formula is C21H35FN2O3Si. The van der Waals surface area contributed by atoms with E-state index in [1.165, 1.54) is 6.07 Å². The molecule has 1 aliphatic carbocycles. The second kappa shape index (κ2) is 8.22. The number of amides is 1. The van der Waals surface area contributed by atoms with Crippen LogP contribution in [0.15, 0.2) is 12.1 Å². The van der Waals surface area contributed by atoms with Crippen LogP contribution in [-0.2, 0) is 15.6 Å². The number of carbonyl (C=O) groups excluding carboxylic acids is 1. The van der Waals surface area contributed by atoms with Gasteiger partial charge in [-0.05, 0) is 68.8 Å². The van der Waals surface area contributed by atoms with Gasteiger partial charge in [0.1, 0.15) is 5.82 Å². The van der Waals surface area contributed by atoms with Crippen LogP contribution in [0.4, 0.5) is 10.1 Å². The van der Waals surface area contributed by atoms with E-state index < -0.39 is 8.32 Å². The highest BCUT2D eigenvalue weighted by atomic mass is 28.4. The lowest BCUT2D eigenvalue weighted by Gasteiger charge is -2.40. The number of nitrogens with zero attached hydrogens (tertiary/aromatic N) is 1. The van der Waals surface area contributed by atoms with Gasteiger partial charge in [-0.1, -0.05) is 20.8 Å². The molecule has 0 aliphatic heterocycles. The predicted octanol–water partition coefficient (Wildman–Crippen LogP) is 3.94. The van der Waals surface area contributed by atoms with Gasteiger partial charge in [-0.2, -0.15) is 0 Å². The lowest BCUT2D eigenvalue weighted by atomic mass is 10.0. The van der Waals surface area contributed by atoms with Crippen LogP contribution in [0.5, 0.6) is 0 Å². The average molecular weight is 411 g/mol. The molecule has 158 valence electrons. The molecule has 0 saturated heterocycles. The predicted molar refractivity (Wildman–Crippen MR) is 113 cm³/mol. The summed E-state index contributed by atoms with van der Waals surface area (Å²) in [6.45, 7) is 12.5. The Morgan fingerprint density at radius 1 is 1.39 bits per heavy atom. The second-order valence-electron chi connectivity index (χ2n) is 9.60. The van der Waals surface area contributed by atoms with Crippen molar-refractivity contribution in [3.05, 3.63) is 29.1 Å². The summed E-state index contributed by atoms with van der Waals surface area (Å²) >= 11 is 0. The van der Waals surface area contributed by atoms with Gasteiger partial charge in [0.25, 0.3) is 0 Å². The van der Waals surface area contributed by atoms with E-state index in [9.17, 15) is 14.3 Å². The van der Waals surface area contributed by atoms with Gasteiger partial charge in [0.05, 0.1) is 12.1 Å². The molecule has 0 aromatic heterocycles. The molecular weight excluding hydrogens is 375 g/mol. The van der Waals surface area contributed by atoms with Crippen molar-refractivity contribution in [3.8, 4) is 0 Å². The van der Waals surface area contributed by atoms with Crippen LogP contribution in [0.25, 0.3) is 0 Å². The van der Waals surface area contributed by atoms with E-state index in [1.54, 1.807) is 11.8 Å². The second-order valence-corrected chi connectivity index (χ2v) is 14.4. The van der Waals surface area contributed by atoms with Crippen LogP contribution in [-0.4, -0.2) is 51.0 Å². The largest absolute Gasteiger partial charge is 0.410 e. The number of aliphatic hydroxyl groups is 1. The number of nitrogens with one attached hydrogen (secondary N) is 1. The SMILES string of the molecule is C[C@H](C(=O)Nc1cc(F)c2c(c1)C(O[Si](C)(C)C(C)(C)C)C(CO)C2)N(C)C. The zero-order chi connectivity index (χ0) is 21.4. The Hall–Kier alpha value is -1.28. The summed E-state index contributed by atoms with van der Waals surface area (Å²) in [5, 5.41) is 12.7. The molecule has 1 amide bonds. The van der Waals surface area contributed by atoms with Crippen molar-refractivity contribution >= 4 is 19.9 Å². The maximum absolute atomic E-state index is 14.8. The van der Waals surface area contributed by atoms with Crippen molar-refractivity contribution in [2.45, 2.75) is 64.4 Å². The summed E-state index contributed by atoms with van der Waals surface area (Å²) in [5.74, 6) is -0.724. The zero-order valence-electron chi connectivity index (χ0n) is 18.4. The lowest BCUT2D eigenvalue weighted by Crippen LogP contribution is -2.42. The van der Waals surface area contributed by atoms with E-state index in [0.29, 0.717) is 17.7 Å². The Morgan fingerprint density at radius 2 is 2.00 bits per heavy atom. The van der Waals surface area contributed by atoms with Crippen LogP contribution >= 0.6 is 0 Å². The summed E-state index contributed by atoms with van der Waals surface area (Å²) in [5.41, 5.74) is 1.76. The Bertz CT molecular complexity index is 731. The highest BCUT2D eigenvalue weighted by Gasteiger charge is 2.44. The molecule has 1 aromatic rings. The minimum absolute atomic E-state index is 0.00126. The van der Waals surface area contributed by atoms with Crippen LogP contribution in [0.1, 0.15) is 44.9 Å². The summed E-state index contributed by atoms with van der Waals surface area (Å²) in [4.78, 5) is 14.2. The third-order valence-electron chi connectivity index (χ3n) is 6.31. The maximum Gasteiger partial charge on any atom is 0.241 e. The fraction of sp³-hybridized carbons (Fsp3) is 0.667. The molecule has 2 unspecified atom stereocenters. The molecule has 1 aromatic carbocycles. The highest BCUT2D eigenvalue weighted by Crippen LogP contribution is 2.47. The van der Waals surface area contributed by atoms with Crippen LogP contribution in [0.2, 0.25) is 18.1 Å². The number of hydrogen-bond acceptors (Lipinski definition) is 4. The van der Waals surface area contributed by atoms with Crippen molar-refractivity contribution in [1.29, 1.82) is 0 Å². The molecule has 7 heteroatoms. The maximum atomic E-state index is 14.8. The molecule has 0 bridgehead atoms. The fourth-order valence-corrected chi connectivity index (χ4v) is 4.43. The minimum Gasteiger partial charge on any atom is -0.410 e. The third-order valence-corrected chi connectivity index (χ3v) is 10.8. The van der Waals surface area contributed by atoms with Gasteiger partial charge >= 0.3 is 0 Å². The summed E-state index contributed by atoms with van der Waals surface area (Å²) in [6, 6.07) is 2.84. The molecule has 28 heavy (non-hydrogen) atoms. The highest BCUT2D eigenvalue weighted by molar-refractivity contribution is 6.74. The van der Waals surface area contributed by atoms with E-state index in [2.05, 4.69) is 39.2 Å². The topological polar surface area (TPSA) is 61.8 Å². The Labute approximate surface area is 169 Å². The smallest absolute Gasteiger partial charge is 0.241 e. The first-order valence-electron chi connectivity index (χ1n) is 9.86. The number of benzene rings is 1. The van der Waals surface area contributed by atoms with E-state index in [4.69, 9.17) is 4.43 Å².